The molecule has 3 heterocycles. The van der Waals surface area contributed by atoms with E-state index in [1.54, 1.807) is 11.8 Å². The van der Waals surface area contributed by atoms with E-state index in [-0.39, 0.29) is 5.41 Å². The lowest BCUT2D eigenvalue weighted by atomic mass is 9.94. The van der Waals surface area contributed by atoms with Crippen molar-refractivity contribution in [1.82, 2.24) is 9.88 Å². The van der Waals surface area contributed by atoms with Crippen molar-refractivity contribution in [3.05, 3.63) is 12.0 Å². The Hall–Kier alpha value is -0.660. The third kappa shape index (κ3) is 4.00. The molecule has 0 bridgehead atoms. The molecule has 122 valence electrons. The van der Waals surface area contributed by atoms with Crippen LogP contribution in [0.15, 0.2) is 20.8 Å². The molecule has 0 amide bonds. The van der Waals surface area contributed by atoms with Gasteiger partial charge in [-0.05, 0) is 0 Å². The summed E-state index contributed by atoms with van der Waals surface area (Å²) in [4.78, 5) is 11.4. The summed E-state index contributed by atoms with van der Waals surface area (Å²) in [6, 6.07) is 0. The number of hydrogen-bond donors (Lipinski definition) is 0. The van der Waals surface area contributed by atoms with Gasteiger partial charge in [0, 0.05) is 29.5 Å². The second-order valence-corrected chi connectivity index (χ2v) is 8.75. The summed E-state index contributed by atoms with van der Waals surface area (Å²) in [5.74, 6) is 1.92. The first-order valence-corrected chi connectivity index (χ1v) is 9.52. The first kappa shape index (κ1) is 16.2. The van der Waals surface area contributed by atoms with Gasteiger partial charge in [0.1, 0.15) is 5.76 Å². The number of ether oxygens (including phenoxy) is 1. The van der Waals surface area contributed by atoms with Crippen molar-refractivity contribution >= 4 is 28.7 Å². The maximum absolute atomic E-state index is 5.83. The number of oxazole rings is 1. The van der Waals surface area contributed by atoms with Crippen LogP contribution in [-0.4, -0.2) is 58.9 Å². The zero-order valence-corrected chi connectivity index (χ0v) is 15.0. The number of amidine groups is 1. The smallest absolute Gasteiger partial charge is 0.255 e. The van der Waals surface area contributed by atoms with Crippen molar-refractivity contribution in [3.8, 4) is 0 Å². The third-order valence-electron chi connectivity index (χ3n) is 3.60. The minimum atomic E-state index is 0.0144. The molecule has 2 aliphatic rings. The highest BCUT2D eigenvalue weighted by Gasteiger charge is 2.26. The molecule has 0 radical (unpaired) electrons. The molecule has 2 aliphatic heterocycles. The predicted octanol–water partition coefficient (Wildman–Crippen LogP) is 2.87. The van der Waals surface area contributed by atoms with Crippen molar-refractivity contribution in [2.24, 2.45) is 4.99 Å². The van der Waals surface area contributed by atoms with Crippen LogP contribution in [0.4, 0.5) is 0 Å². The Bertz CT molecular complexity index is 533. The van der Waals surface area contributed by atoms with Gasteiger partial charge in [0.25, 0.3) is 5.22 Å². The lowest BCUT2D eigenvalue weighted by Gasteiger charge is -2.28. The first-order chi connectivity index (χ1) is 10.5. The predicted molar refractivity (Wildman–Crippen MR) is 92.0 cm³/mol. The van der Waals surface area contributed by atoms with Crippen molar-refractivity contribution in [3.63, 3.8) is 0 Å². The minimum absolute atomic E-state index is 0.0144. The van der Waals surface area contributed by atoms with Crippen molar-refractivity contribution < 1.29 is 9.15 Å². The fraction of sp³-hybridized carbons (Fsp3) is 0.733. The van der Waals surface area contributed by atoms with E-state index in [1.807, 2.05) is 18.0 Å². The number of rotatable bonds is 3. The van der Waals surface area contributed by atoms with Crippen LogP contribution in [0.2, 0.25) is 0 Å². The summed E-state index contributed by atoms with van der Waals surface area (Å²) in [6.07, 6.45) is 1.85. The number of aromatic nitrogens is 1. The first-order valence-electron chi connectivity index (χ1n) is 7.65. The second kappa shape index (κ2) is 6.84. The number of aliphatic imine (C=N–C) groups is 1. The molecular weight excluding hydrogens is 318 g/mol. The topological polar surface area (TPSA) is 50.9 Å². The van der Waals surface area contributed by atoms with Crippen molar-refractivity contribution in [2.45, 2.75) is 36.7 Å². The lowest BCUT2D eigenvalue weighted by Crippen LogP contribution is -2.39. The van der Waals surface area contributed by atoms with Crippen LogP contribution in [0.5, 0.6) is 0 Å². The highest BCUT2D eigenvalue weighted by molar-refractivity contribution is 8.15. The lowest BCUT2D eigenvalue weighted by molar-refractivity contribution is 0.0693. The Morgan fingerprint density at radius 3 is 2.82 bits per heavy atom. The molecule has 0 saturated carbocycles. The van der Waals surface area contributed by atoms with Gasteiger partial charge in [-0.3, -0.25) is 4.99 Å². The zero-order valence-electron chi connectivity index (χ0n) is 13.4. The van der Waals surface area contributed by atoms with Crippen LogP contribution in [0.3, 0.4) is 0 Å². The maximum atomic E-state index is 5.83. The van der Waals surface area contributed by atoms with Gasteiger partial charge in [0.2, 0.25) is 0 Å². The molecule has 22 heavy (non-hydrogen) atoms. The van der Waals surface area contributed by atoms with Crippen LogP contribution < -0.4 is 0 Å². The van der Waals surface area contributed by atoms with E-state index in [9.17, 15) is 0 Å². The van der Waals surface area contributed by atoms with Gasteiger partial charge in [0.05, 0.1) is 26.0 Å². The molecule has 0 spiro atoms. The van der Waals surface area contributed by atoms with Gasteiger partial charge in [-0.15, -0.1) is 0 Å². The Morgan fingerprint density at radius 1 is 1.36 bits per heavy atom. The van der Waals surface area contributed by atoms with Crippen molar-refractivity contribution in [2.75, 3.05) is 38.6 Å². The summed E-state index contributed by atoms with van der Waals surface area (Å²) < 4.78 is 11.2. The molecule has 1 fully saturated rings. The van der Waals surface area contributed by atoms with Gasteiger partial charge in [-0.25, -0.2) is 4.98 Å². The Kier molecular flexibility index (Phi) is 5.04. The van der Waals surface area contributed by atoms with Crippen molar-refractivity contribution in [1.29, 1.82) is 0 Å². The monoisotopic (exact) mass is 341 g/mol. The number of morpholine rings is 1. The zero-order chi connectivity index (χ0) is 15.6. The van der Waals surface area contributed by atoms with Crippen LogP contribution in [0.1, 0.15) is 26.5 Å². The van der Waals surface area contributed by atoms with Crippen LogP contribution >= 0.6 is 23.5 Å². The normalized spacial score (nSPS) is 23.0. The van der Waals surface area contributed by atoms with Crippen LogP contribution in [-0.2, 0) is 10.2 Å². The summed E-state index contributed by atoms with van der Waals surface area (Å²) in [5.41, 5.74) is 0.0144. The van der Waals surface area contributed by atoms with Gasteiger partial charge in [0.15, 0.2) is 5.17 Å². The molecule has 7 heteroatoms. The SMILES string of the molecule is CC(C)(C)c1cnc(SCC2CN=C(N3CCOCC3)S2)o1. The van der Waals surface area contributed by atoms with E-state index in [4.69, 9.17) is 9.15 Å². The highest BCUT2D eigenvalue weighted by atomic mass is 32.2. The van der Waals surface area contributed by atoms with E-state index in [2.05, 4.69) is 35.6 Å². The average Bonchev–Trinajstić information content (AvgIpc) is 3.15. The minimum Gasteiger partial charge on any atom is -0.436 e. The molecule has 0 aromatic carbocycles. The largest absolute Gasteiger partial charge is 0.436 e. The molecule has 5 nitrogen and oxygen atoms in total. The summed E-state index contributed by atoms with van der Waals surface area (Å²) in [7, 11) is 0. The summed E-state index contributed by atoms with van der Waals surface area (Å²) in [5, 5.41) is 2.45. The number of thioether (sulfide) groups is 2. The van der Waals surface area contributed by atoms with Crippen LogP contribution in [0.25, 0.3) is 0 Å². The van der Waals surface area contributed by atoms with E-state index < -0.39 is 0 Å². The van der Waals surface area contributed by atoms with Gasteiger partial charge in [-0.1, -0.05) is 44.3 Å². The van der Waals surface area contributed by atoms with E-state index in [0.29, 0.717) is 5.25 Å². The highest BCUT2D eigenvalue weighted by Crippen LogP contribution is 2.31. The number of hydrogen-bond acceptors (Lipinski definition) is 7. The second-order valence-electron chi connectivity index (χ2n) is 6.51. The molecule has 1 atom stereocenters. The molecule has 0 aliphatic carbocycles. The molecule has 1 unspecified atom stereocenters. The van der Waals surface area contributed by atoms with E-state index in [1.165, 1.54) is 5.17 Å². The molecule has 1 aromatic heterocycles. The Morgan fingerprint density at radius 2 is 2.14 bits per heavy atom. The van der Waals surface area contributed by atoms with Gasteiger partial charge < -0.3 is 14.1 Å². The average molecular weight is 342 g/mol. The third-order valence-corrected chi connectivity index (χ3v) is 6.06. The van der Waals surface area contributed by atoms with Gasteiger partial charge in [-0.2, -0.15) is 0 Å². The molecule has 0 N–H and O–H groups in total. The van der Waals surface area contributed by atoms with E-state index in [0.717, 1.165) is 49.6 Å². The fourth-order valence-corrected chi connectivity index (χ4v) is 4.37. The fourth-order valence-electron chi connectivity index (χ4n) is 2.26. The van der Waals surface area contributed by atoms with Gasteiger partial charge >= 0.3 is 0 Å². The molecule has 1 aromatic rings. The van der Waals surface area contributed by atoms with E-state index >= 15 is 0 Å². The molecule has 3 rings (SSSR count). The maximum Gasteiger partial charge on any atom is 0.255 e. The number of nitrogens with zero attached hydrogens (tertiary/aromatic N) is 3. The molecule has 1 saturated heterocycles. The Labute approximate surface area is 140 Å². The van der Waals surface area contributed by atoms with Crippen LogP contribution in [0, 0.1) is 0 Å². The standard InChI is InChI=1S/C15H23N3O2S2/c1-15(2,3)12-9-17-14(20-12)21-10-11-8-16-13(22-11)18-4-6-19-7-5-18/h9,11H,4-8,10H2,1-3H3. The molecular formula is C15H23N3O2S2. The quantitative estimate of drug-likeness (QED) is 0.788. The summed E-state index contributed by atoms with van der Waals surface area (Å²) in [6.45, 7) is 10.8. The summed E-state index contributed by atoms with van der Waals surface area (Å²) >= 11 is 3.57. The Balaban J connectivity index is 1.46.